The van der Waals surface area contributed by atoms with E-state index in [0.717, 1.165) is 25.3 Å². The zero-order valence-corrected chi connectivity index (χ0v) is 9.47. The van der Waals surface area contributed by atoms with Gasteiger partial charge in [0.1, 0.15) is 0 Å². The number of halogens is 2. The number of benzene rings is 1. The molecule has 16 heavy (non-hydrogen) atoms. The molecular weight excluding hydrogens is 208 g/mol. The molecule has 2 N–H and O–H groups in total. The maximum atomic E-state index is 13.0. The number of alkyl halides is 2. The lowest BCUT2D eigenvalue weighted by Gasteiger charge is -2.41. The van der Waals surface area contributed by atoms with Crippen LogP contribution in [0.15, 0.2) is 24.3 Å². The van der Waals surface area contributed by atoms with Crippen LogP contribution >= 0.6 is 0 Å². The molecule has 3 heteroatoms. The summed E-state index contributed by atoms with van der Waals surface area (Å²) in [5, 5.41) is 0. The second kappa shape index (κ2) is 3.81. The van der Waals surface area contributed by atoms with Gasteiger partial charge < -0.3 is 5.73 Å². The standard InChI is InChI=1S/C13H17F2N/c1-12(14,15)10-3-5-11(6-4-10)13(9-16)7-2-8-13/h3-6H,2,7-9,16H2,1H3. The Kier molecular flexibility index (Phi) is 2.74. The van der Waals surface area contributed by atoms with Crippen LogP contribution in [0.3, 0.4) is 0 Å². The van der Waals surface area contributed by atoms with Gasteiger partial charge in [0.2, 0.25) is 0 Å². The molecule has 0 radical (unpaired) electrons. The van der Waals surface area contributed by atoms with Gasteiger partial charge in [-0.1, -0.05) is 30.7 Å². The fourth-order valence-corrected chi connectivity index (χ4v) is 2.33. The summed E-state index contributed by atoms with van der Waals surface area (Å²) in [7, 11) is 0. The van der Waals surface area contributed by atoms with Gasteiger partial charge in [-0.25, -0.2) is 8.78 Å². The van der Waals surface area contributed by atoms with Crippen molar-refractivity contribution in [2.75, 3.05) is 6.54 Å². The monoisotopic (exact) mass is 225 g/mol. The van der Waals surface area contributed by atoms with Gasteiger partial charge in [0, 0.05) is 24.4 Å². The van der Waals surface area contributed by atoms with Crippen LogP contribution in [-0.2, 0) is 11.3 Å². The van der Waals surface area contributed by atoms with Gasteiger partial charge >= 0.3 is 0 Å². The topological polar surface area (TPSA) is 26.0 Å². The minimum absolute atomic E-state index is 0.0571. The lowest BCUT2D eigenvalue weighted by molar-refractivity contribution is 0.0174. The minimum atomic E-state index is -2.76. The van der Waals surface area contributed by atoms with Crippen molar-refractivity contribution < 1.29 is 8.78 Å². The van der Waals surface area contributed by atoms with Gasteiger partial charge in [-0.05, 0) is 18.4 Å². The molecule has 0 saturated heterocycles. The SMILES string of the molecule is CC(F)(F)c1ccc(C2(CN)CCC2)cc1. The van der Waals surface area contributed by atoms with Crippen LogP contribution in [-0.4, -0.2) is 6.54 Å². The molecule has 1 nitrogen and oxygen atoms in total. The molecule has 0 bridgehead atoms. The van der Waals surface area contributed by atoms with Crippen molar-refractivity contribution >= 4 is 0 Å². The highest BCUT2D eigenvalue weighted by Gasteiger charge is 2.37. The number of hydrogen-bond donors (Lipinski definition) is 1. The molecule has 0 amide bonds. The molecule has 1 aliphatic carbocycles. The minimum Gasteiger partial charge on any atom is -0.330 e. The molecule has 2 rings (SSSR count). The number of hydrogen-bond acceptors (Lipinski definition) is 1. The maximum Gasteiger partial charge on any atom is 0.270 e. The highest BCUT2D eigenvalue weighted by Crippen LogP contribution is 2.43. The van der Waals surface area contributed by atoms with Crippen LogP contribution in [0.4, 0.5) is 8.78 Å². The molecule has 0 spiro atoms. The smallest absolute Gasteiger partial charge is 0.270 e. The zero-order valence-electron chi connectivity index (χ0n) is 9.47. The summed E-state index contributed by atoms with van der Waals surface area (Å²) in [5.74, 6) is -2.76. The van der Waals surface area contributed by atoms with E-state index in [0.29, 0.717) is 6.54 Å². The molecule has 1 aromatic rings. The molecule has 1 saturated carbocycles. The summed E-state index contributed by atoms with van der Waals surface area (Å²) < 4.78 is 26.1. The Bertz CT molecular complexity index is 355. The Hall–Kier alpha value is -0.960. The fourth-order valence-electron chi connectivity index (χ4n) is 2.33. The maximum absolute atomic E-state index is 13.0. The second-order valence-corrected chi connectivity index (χ2v) is 4.80. The second-order valence-electron chi connectivity index (χ2n) is 4.80. The van der Waals surface area contributed by atoms with Gasteiger partial charge in [0.05, 0.1) is 0 Å². The van der Waals surface area contributed by atoms with E-state index >= 15 is 0 Å². The van der Waals surface area contributed by atoms with Crippen molar-refractivity contribution in [1.82, 2.24) is 0 Å². The summed E-state index contributed by atoms with van der Waals surface area (Å²) in [5.41, 5.74) is 7.01. The normalized spacial score (nSPS) is 19.2. The summed E-state index contributed by atoms with van der Waals surface area (Å²) in [6.45, 7) is 1.53. The van der Waals surface area contributed by atoms with Crippen LogP contribution in [0, 0.1) is 0 Å². The highest BCUT2D eigenvalue weighted by atomic mass is 19.3. The first kappa shape index (κ1) is 11.5. The van der Waals surface area contributed by atoms with E-state index in [1.54, 1.807) is 12.1 Å². The molecule has 0 unspecified atom stereocenters. The lowest BCUT2D eigenvalue weighted by Crippen LogP contribution is -2.41. The number of rotatable bonds is 3. The van der Waals surface area contributed by atoms with Gasteiger partial charge in [0.15, 0.2) is 0 Å². The average molecular weight is 225 g/mol. The molecule has 0 aromatic heterocycles. The van der Waals surface area contributed by atoms with Crippen LogP contribution in [0.2, 0.25) is 0 Å². The first-order valence-corrected chi connectivity index (χ1v) is 5.67. The van der Waals surface area contributed by atoms with Crippen molar-refractivity contribution in [3.63, 3.8) is 0 Å². The summed E-state index contributed by atoms with van der Waals surface area (Å²) in [4.78, 5) is 0. The molecule has 1 aliphatic rings. The van der Waals surface area contributed by atoms with E-state index in [4.69, 9.17) is 5.73 Å². The van der Waals surface area contributed by atoms with Crippen LogP contribution in [0.1, 0.15) is 37.3 Å². The third-order valence-corrected chi connectivity index (χ3v) is 3.71. The molecule has 0 heterocycles. The van der Waals surface area contributed by atoms with E-state index in [1.165, 1.54) is 18.6 Å². The number of nitrogens with two attached hydrogens (primary N) is 1. The Morgan fingerprint density at radius 2 is 1.81 bits per heavy atom. The van der Waals surface area contributed by atoms with E-state index < -0.39 is 5.92 Å². The Morgan fingerprint density at radius 3 is 2.12 bits per heavy atom. The molecule has 1 aromatic carbocycles. The Labute approximate surface area is 94.7 Å². The average Bonchev–Trinajstić information content (AvgIpc) is 2.16. The zero-order chi connectivity index (χ0) is 11.8. The van der Waals surface area contributed by atoms with Crippen LogP contribution in [0.25, 0.3) is 0 Å². The van der Waals surface area contributed by atoms with Gasteiger partial charge in [-0.15, -0.1) is 0 Å². The third-order valence-electron chi connectivity index (χ3n) is 3.71. The van der Waals surface area contributed by atoms with E-state index in [2.05, 4.69) is 0 Å². The van der Waals surface area contributed by atoms with E-state index in [1.807, 2.05) is 0 Å². The van der Waals surface area contributed by atoms with Crippen molar-refractivity contribution in [1.29, 1.82) is 0 Å². The van der Waals surface area contributed by atoms with Gasteiger partial charge in [-0.3, -0.25) is 0 Å². The largest absolute Gasteiger partial charge is 0.330 e. The molecule has 88 valence electrons. The predicted octanol–water partition coefficient (Wildman–Crippen LogP) is 3.18. The summed E-state index contributed by atoms with van der Waals surface area (Å²) in [6.07, 6.45) is 3.33. The van der Waals surface area contributed by atoms with Crippen molar-refractivity contribution in [2.24, 2.45) is 5.73 Å². The predicted molar refractivity (Wildman–Crippen MR) is 60.6 cm³/mol. The molecular formula is C13H17F2N. The van der Waals surface area contributed by atoms with Gasteiger partial charge in [0.25, 0.3) is 5.92 Å². The first-order valence-electron chi connectivity index (χ1n) is 5.67. The quantitative estimate of drug-likeness (QED) is 0.840. The molecule has 0 aliphatic heterocycles. The summed E-state index contributed by atoms with van der Waals surface area (Å²) >= 11 is 0. The lowest BCUT2D eigenvalue weighted by atomic mass is 9.64. The van der Waals surface area contributed by atoms with E-state index in [9.17, 15) is 8.78 Å². The first-order chi connectivity index (χ1) is 7.48. The third kappa shape index (κ3) is 1.84. The highest BCUT2D eigenvalue weighted by molar-refractivity contribution is 5.33. The van der Waals surface area contributed by atoms with E-state index in [-0.39, 0.29) is 11.0 Å². The molecule has 0 atom stereocenters. The van der Waals surface area contributed by atoms with Gasteiger partial charge in [-0.2, -0.15) is 0 Å². The Balaban J connectivity index is 2.26. The van der Waals surface area contributed by atoms with Crippen molar-refractivity contribution in [3.05, 3.63) is 35.4 Å². The van der Waals surface area contributed by atoms with Crippen LogP contribution < -0.4 is 5.73 Å². The fraction of sp³-hybridized carbons (Fsp3) is 0.538. The van der Waals surface area contributed by atoms with Crippen molar-refractivity contribution in [2.45, 2.75) is 37.5 Å². The van der Waals surface area contributed by atoms with Crippen molar-refractivity contribution in [3.8, 4) is 0 Å². The summed E-state index contributed by atoms with van der Waals surface area (Å²) in [6, 6.07) is 6.65. The Morgan fingerprint density at radius 1 is 1.25 bits per heavy atom. The van der Waals surface area contributed by atoms with Crippen LogP contribution in [0.5, 0.6) is 0 Å². The molecule has 1 fully saturated rings.